The SMILES string of the molecule is COc1ncccc1C(O)Cc1c(F)cccc1F. The lowest BCUT2D eigenvalue weighted by atomic mass is 10.0. The fraction of sp³-hybridized carbons (Fsp3) is 0.214. The predicted molar refractivity (Wildman–Crippen MR) is 65.8 cm³/mol. The van der Waals surface area contributed by atoms with Gasteiger partial charge in [0.2, 0.25) is 5.88 Å². The van der Waals surface area contributed by atoms with Gasteiger partial charge in [0.05, 0.1) is 13.2 Å². The molecule has 2 aromatic rings. The van der Waals surface area contributed by atoms with Crippen molar-refractivity contribution in [3.05, 3.63) is 59.3 Å². The minimum atomic E-state index is -1.09. The van der Waals surface area contributed by atoms with Crippen molar-refractivity contribution in [2.45, 2.75) is 12.5 Å². The zero-order chi connectivity index (χ0) is 13.8. The molecule has 0 spiro atoms. The number of aliphatic hydroxyl groups excluding tert-OH is 1. The molecule has 1 N–H and O–H groups in total. The van der Waals surface area contributed by atoms with Gasteiger partial charge in [-0.25, -0.2) is 13.8 Å². The molecule has 1 aromatic carbocycles. The van der Waals surface area contributed by atoms with Crippen LogP contribution in [-0.4, -0.2) is 17.2 Å². The zero-order valence-corrected chi connectivity index (χ0v) is 10.3. The Morgan fingerprint density at radius 1 is 1.21 bits per heavy atom. The minimum absolute atomic E-state index is 0.152. The molecule has 100 valence electrons. The van der Waals surface area contributed by atoms with E-state index in [0.717, 1.165) is 12.1 Å². The van der Waals surface area contributed by atoms with Gasteiger partial charge in [0.15, 0.2) is 0 Å². The predicted octanol–water partition coefficient (Wildman–Crippen LogP) is 2.64. The lowest BCUT2D eigenvalue weighted by Crippen LogP contribution is -2.08. The smallest absolute Gasteiger partial charge is 0.218 e. The molecular formula is C14H13F2NO2. The van der Waals surface area contributed by atoms with Gasteiger partial charge >= 0.3 is 0 Å². The number of benzene rings is 1. The van der Waals surface area contributed by atoms with Gasteiger partial charge in [-0.1, -0.05) is 6.07 Å². The Labute approximate surface area is 109 Å². The molecule has 19 heavy (non-hydrogen) atoms. The van der Waals surface area contributed by atoms with Gasteiger partial charge in [-0.05, 0) is 24.3 Å². The molecule has 1 aromatic heterocycles. The normalized spacial score (nSPS) is 12.2. The topological polar surface area (TPSA) is 42.4 Å². The summed E-state index contributed by atoms with van der Waals surface area (Å²) in [6, 6.07) is 6.83. The molecule has 1 heterocycles. The number of methoxy groups -OCH3 is 1. The second kappa shape index (κ2) is 5.75. The van der Waals surface area contributed by atoms with Gasteiger partial charge in [0, 0.05) is 23.7 Å². The van der Waals surface area contributed by atoms with Crippen molar-refractivity contribution in [2.75, 3.05) is 7.11 Å². The highest BCUT2D eigenvalue weighted by atomic mass is 19.1. The Hall–Kier alpha value is -2.01. The van der Waals surface area contributed by atoms with Crippen LogP contribution in [0.15, 0.2) is 36.5 Å². The van der Waals surface area contributed by atoms with Crippen molar-refractivity contribution in [3.63, 3.8) is 0 Å². The number of ether oxygens (including phenoxy) is 1. The second-order valence-electron chi connectivity index (χ2n) is 4.02. The van der Waals surface area contributed by atoms with E-state index in [1.165, 1.54) is 19.4 Å². The van der Waals surface area contributed by atoms with Crippen molar-refractivity contribution in [2.24, 2.45) is 0 Å². The average molecular weight is 265 g/mol. The van der Waals surface area contributed by atoms with Crippen molar-refractivity contribution in [3.8, 4) is 5.88 Å². The molecule has 5 heteroatoms. The van der Waals surface area contributed by atoms with Gasteiger partial charge in [0.1, 0.15) is 11.6 Å². The quantitative estimate of drug-likeness (QED) is 0.924. The minimum Gasteiger partial charge on any atom is -0.481 e. The van der Waals surface area contributed by atoms with Gasteiger partial charge < -0.3 is 9.84 Å². The van der Waals surface area contributed by atoms with E-state index >= 15 is 0 Å². The molecule has 0 aliphatic heterocycles. The maximum absolute atomic E-state index is 13.5. The number of rotatable bonds is 4. The van der Waals surface area contributed by atoms with Crippen LogP contribution in [0.2, 0.25) is 0 Å². The number of hydrogen-bond acceptors (Lipinski definition) is 3. The third kappa shape index (κ3) is 2.88. The first-order valence-corrected chi connectivity index (χ1v) is 5.73. The first kappa shape index (κ1) is 13.4. The molecule has 0 radical (unpaired) electrons. The molecule has 0 aliphatic rings. The third-order valence-electron chi connectivity index (χ3n) is 2.81. The van der Waals surface area contributed by atoms with Crippen LogP contribution in [0.1, 0.15) is 17.2 Å². The summed E-state index contributed by atoms with van der Waals surface area (Å²) in [6.45, 7) is 0. The molecule has 0 saturated heterocycles. The fourth-order valence-corrected chi connectivity index (χ4v) is 1.86. The summed E-state index contributed by atoms with van der Waals surface area (Å²) in [7, 11) is 1.42. The van der Waals surface area contributed by atoms with Crippen molar-refractivity contribution in [1.82, 2.24) is 4.98 Å². The van der Waals surface area contributed by atoms with Gasteiger partial charge in [-0.2, -0.15) is 0 Å². The van der Waals surface area contributed by atoms with E-state index < -0.39 is 17.7 Å². The van der Waals surface area contributed by atoms with Crippen molar-refractivity contribution >= 4 is 0 Å². The largest absolute Gasteiger partial charge is 0.481 e. The van der Waals surface area contributed by atoms with Gasteiger partial charge in [0.25, 0.3) is 0 Å². The van der Waals surface area contributed by atoms with Crippen LogP contribution < -0.4 is 4.74 Å². The first-order valence-electron chi connectivity index (χ1n) is 5.73. The van der Waals surface area contributed by atoms with Gasteiger partial charge in [-0.3, -0.25) is 0 Å². The van der Waals surface area contributed by atoms with Crippen LogP contribution in [0, 0.1) is 11.6 Å². The standard InChI is InChI=1S/C14H13F2NO2/c1-19-14-9(4-3-7-17-14)13(18)8-10-11(15)5-2-6-12(10)16/h2-7,13,18H,8H2,1H3. The third-order valence-corrected chi connectivity index (χ3v) is 2.81. The maximum atomic E-state index is 13.5. The molecule has 0 aliphatic carbocycles. The first-order chi connectivity index (χ1) is 9.13. The number of hydrogen-bond donors (Lipinski definition) is 1. The van der Waals surface area contributed by atoms with E-state index in [1.807, 2.05) is 0 Å². The molecule has 1 unspecified atom stereocenters. The second-order valence-corrected chi connectivity index (χ2v) is 4.02. The fourth-order valence-electron chi connectivity index (χ4n) is 1.86. The molecule has 0 amide bonds. The van der Waals surface area contributed by atoms with Crippen LogP contribution >= 0.6 is 0 Å². The van der Waals surface area contributed by atoms with Crippen molar-refractivity contribution in [1.29, 1.82) is 0 Å². The molecule has 2 rings (SSSR count). The summed E-state index contributed by atoms with van der Waals surface area (Å²) >= 11 is 0. The van der Waals surface area contributed by atoms with E-state index in [4.69, 9.17) is 4.74 Å². The van der Waals surface area contributed by atoms with Gasteiger partial charge in [-0.15, -0.1) is 0 Å². The van der Waals surface area contributed by atoms with Crippen LogP contribution in [0.4, 0.5) is 8.78 Å². The molecule has 0 bridgehead atoms. The number of pyridine rings is 1. The van der Waals surface area contributed by atoms with E-state index in [0.29, 0.717) is 5.56 Å². The van der Waals surface area contributed by atoms with E-state index in [1.54, 1.807) is 12.1 Å². The van der Waals surface area contributed by atoms with E-state index in [2.05, 4.69) is 4.98 Å². The highest BCUT2D eigenvalue weighted by molar-refractivity contribution is 5.30. The number of nitrogens with zero attached hydrogens (tertiary/aromatic N) is 1. The molecular weight excluding hydrogens is 252 g/mol. The van der Waals surface area contributed by atoms with E-state index in [-0.39, 0.29) is 17.9 Å². The highest BCUT2D eigenvalue weighted by Crippen LogP contribution is 2.27. The summed E-state index contributed by atoms with van der Waals surface area (Å²) in [5.74, 6) is -1.12. The Kier molecular flexibility index (Phi) is 4.06. The number of halogens is 2. The molecule has 0 fully saturated rings. The Morgan fingerprint density at radius 2 is 1.89 bits per heavy atom. The Bertz CT molecular complexity index is 555. The Morgan fingerprint density at radius 3 is 2.53 bits per heavy atom. The van der Waals surface area contributed by atoms with Crippen LogP contribution in [0.5, 0.6) is 5.88 Å². The summed E-state index contributed by atoms with van der Waals surface area (Å²) in [6.07, 6.45) is 0.245. The summed E-state index contributed by atoms with van der Waals surface area (Å²) in [5, 5.41) is 10.1. The summed E-state index contributed by atoms with van der Waals surface area (Å²) < 4.78 is 32.0. The lowest BCUT2D eigenvalue weighted by Gasteiger charge is -2.14. The number of aliphatic hydroxyl groups is 1. The van der Waals surface area contributed by atoms with E-state index in [9.17, 15) is 13.9 Å². The average Bonchev–Trinajstić information content (AvgIpc) is 2.42. The number of aromatic nitrogens is 1. The van der Waals surface area contributed by atoms with Crippen LogP contribution in [-0.2, 0) is 6.42 Å². The summed E-state index contributed by atoms with van der Waals surface area (Å²) in [5.41, 5.74) is 0.244. The highest BCUT2D eigenvalue weighted by Gasteiger charge is 2.18. The monoisotopic (exact) mass is 265 g/mol. The Balaban J connectivity index is 2.28. The van der Waals surface area contributed by atoms with Crippen LogP contribution in [0.25, 0.3) is 0 Å². The molecule has 1 atom stereocenters. The van der Waals surface area contributed by atoms with Crippen LogP contribution in [0.3, 0.4) is 0 Å². The lowest BCUT2D eigenvalue weighted by molar-refractivity contribution is 0.170. The molecule has 3 nitrogen and oxygen atoms in total. The summed E-state index contributed by atoms with van der Waals surface area (Å²) in [4.78, 5) is 3.94. The van der Waals surface area contributed by atoms with Crippen molar-refractivity contribution < 1.29 is 18.6 Å². The molecule has 0 saturated carbocycles. The maximum Gasteiger partial charge on any atom is 0.218 e. The zero-order valence-electron chi connectivity index (χ0n) is 10.3.